The average Bonchev–Trinajstić information content (AvgIpc) is 2.34. The van der Waals surface area contributed by atoms with Gasteiger partial charge < -0.3 is 10.0 Å². The van der Waals surface area contributed by atoms with E-state index in [-0.39, 0.29) is 6.61 Å². The Hall–Kier alpha value is -1.31. The second kappa shape index (κ2) is 7.10. The molecule has 0 aromatic carbocycles. The van der Waals surface area contributed by atoms with Gasteiger partial charge >= 0.3 is 0 Å². The van der Waals surface area contributed by atoms with E-state index in [0.29, 0.717) is 16.4 Å². The fourth-order valence-electron chi connectivity index (χ4n) is 1.53. The molecular weight excluding hydrogens is 238 g/mol. The molecule has 0 saturated heterocycles. The monoisotopic (exact) mass is 253 g/mol. The molecule has 1 aromatic heterocycles. The van der Waals surface area contributed by atoms with Crippen molar-refractivity contribution in [3.8, 4) is 6.07 Å². The highest BCUT2D eigenvalue weighted by atomic mass is 35.5. The third-order valence-electron chi connectivity index (χ3n) is 2.50. The van der Waals surface area contributed by atoms with Crippen LogP contribution in [0.5, 0.6) is 0 Å². The van der Waals surface area contributed by atoms with Gasteiger partial charge in [-0.3, -0.25) is 0 Å². The molecule has 0 bridgehead atoms. The van der Waals surface area contributed by atoms with Crippen LogP contribution in [0.1, 0.15) is 24.8 Å². The zero-order chi connectivity index (χ0) is 12.7. The lowest BCUT2D eigenvalue weighted by atomic mass is 10.2. The van der Waals surface area contributed by atoms with E-state index >= 15 is 0 Å². The second-order valence-corrected chi connectivity index (χ2v) is 4.19. The molecule has 1 N–H and O–H groups in total. The van der Waals surface area contributed by atoms with Gasteiger partial charge in [-0.15, -0.1) is 0 Å². The van der Waals surface area contributed by atoms with E-state index in [9.17, 15) is 0 Å². The predicted octanol–water partition coefficient (Wildman–Crippen LogP) is 2.21. The van der Waals surface area contributed by atoms with Gasteiger partial charge in [-0.25, -0.2) is 4.98 Å². The first-order chi connectivity index (χ1) is 8.20. The van der Waals surface area contributed by atoms with Gasteiger partial charge in [0.2, 0.25) is 0 Å². The average molecular weight is 254 g/mol. The van der Waals surface area contributed by atoms with Crippen molar-refractivity contribution < 1.29 is 5.11 Å². The zero-order valence-electron chi connectivity index (χ0n) is 9.86. The maximum absolute atomic E-state index is 8.86. The summed E-state index contributed by atoms with van der Waals surface area (Å²) in [5.74, 6) is 0.634. The maximum atomic E-state index is 8.86. The molecule has 4 nitrogen and oxygen atoms in total. The number of halogens is 1. The van der Waals surface area contributed by atoms with Crippen molar-refractivity contribution in [3.63, 3.8) is 0 Å². The zero-order valence-corrected chi connectivity index (χ0v) is 10.6. The number of aliphatic hydroxyl groups is 1. The number of aromatic nitrogens is 1. The quantitative estimate of drug-likeness (QED) is 0.790. The largest absolute Gasteiger partial charge is 0.396 e. The van der Waals surface area contributed by atoms with Crippen molar-refractivity contribution in [2.45, 2.75) is 19.3 Å². The summed E-state index contributed by atoms with van der Waals surface area (Å²) in [7, 11) is 1.90. The lowest BCUT2D eigenvalue weighted by molar-refractivity contribution is 0.283. The summed E-state index contributed by atoms with van der Waals surface area (Å²) in [6.45, 7) is 1.04. The van der Waals surface area contributed by atoms with Crippen molar-refractivity contribution in [2.24, 2.45) is 0 Å². The molecule has 17 heavy (non-hydrogen) atoms. The van der Waals surface area contributed by atoms with E-state index in [2.05, 4.69) is 4.98 Å². The van der Waals surface area contributed by atoms with Gasteiger partial charge in [-0.1, -0.05) is 11.6 Å². The third-order valence-corrected chi connectivity index (χ3v) is 2.88. The van der Waals surface area contributed by atoms with E-state index in [1.807, 2.05) is 18.0 Å². The van der Waals surface area contributed by atoms with Crippen molar-refractivity contribution in [2.75, 3.05) is 25.1 Å². The standard InChI is InChI=1S/C12H16ClN3O/c1-16(7-3-2-4-8-17)12-11(13)10(9-14)5-6-15-12/h5-6,17H,2-4,7-8H2,1H3. The first-order valence-electron chi connectivity index (χ1n) is 5.57. The fraction of sp³-hybridized carbons (Fsp3) is 0.500. The number of rotatable bonds is 6. The second-order valence-electron chi connectivity index (χ2n) is 3.81. The van der Waals surface area contributed by atoms with Gasteiger partial charge in [0, 0.05) is 26.4 Å². The normalized spacial score (nSPS) is 10.0. The lowest BCUT2D eigenvalue weighted by Crippen LogP contribution is -2.20. The van der Waals surface area contributed by atoms with Gasteiger partial charge in [0.25, 0.3) is 0 Å². The van der Waals surface area contributed by atoms with Gasteiger partial charge in [-0.05, 0) is 25.3 Å². The first kappa shape index (κ1) is 13.8. The molecular formula is C12H16ClN3O. The van der Waals surface area contributed by atoms with E-state index < -0.39 is 0 Å². The molecule has 1 heterocycles. The van der Waals surface area contributed by atoms with Crippen LogP contribution < -0.4 is 4.90 Å². The predicted molar refractivity (Wildman–Crippen MR) is 68.2 cm³/mol. The van der Waals surface area contributed by atoms with Crippen LogP contribution in [-0.4, -0.2) is 30.3 Å². The Labute approximate surface area is 106 Å². The fourth-order valence-corrected chi connectivity index (χ4v) is 1.83. The smallest absolute Gasteiger partial charge is 0.148 e. The van der Waals surface area contributed by atoms with E-state index in [1.165, 1.54) is 0 Å². The molecule has 1 aromatic rings. The van der Waals surface area contributed by atoms with Gasteiger partial charge in [0.15, 0.2) is 0 Å². The molecule has 0 amide bonds. The third kappa shape index (κ3) is 3.88. The summed E-state index contributed by atoms with van der Waals surface area (Å²) in [6, 6.07) is 3.64. The Balaban J connectivity index is 2.63. The molecule has 0 radical (unpaired) electrons. The molecule has 0 aliphatic carbocycles. The maximum Gasteiger partial charge on any atom is 0.148 e. The number of hydrogen-bond donors (Lipinski definition) is 1. The molecule has 0 fully saturated rings. The molecule has 5 heteroatoms. The van der Waals surface area contributed by atoms with Gasteiger partial charge in [-0.2, -0.15) is 5.26 Å². The van der Waals surface area contributed by atoms with Crippen LogP contribution in [0.2, 0.25) is 5.02 Å². The molecule has 1 rings (SSSR count). The van der Waals surface area contributed by atoms with Crippen LogP contribution in [0.3, 0.4) is 0 Å². The lowest BCUT2D eigenvalue weighted by Gasteiger charge is -2.19. The highest BCUT2D eigenvalue weighted by Gasteiger charge is 2.10. The molecule has 0 atom stereocenters. The molecule has 0 aliphatic rings. The summed E-state index contributed by atoms with van der Waals surface area (Å²) >= 11 is 6.08. The number of pyridine rings is 1. The van der Waals surface area contributed by atoms with Gasteiger partial charge in [0.05, 0.1) is 5.56 Å². The summed E-state index contributed by atoms with van der Waals surface area (Å²) in [6.07, 6.45) is 4.33. The number of aliphatic hydroxyl groups excluding tert-OH is 1. The molecule has 0 unspecified atom stereocenters. The van der Waals surface area contributed by atoms with Crippen LogP contribution in [0.15, 0.2) is 12.3 Å². The number of hydrogen-bond acceptors (Lipinski definition) is 4. The van der Waals surface area contributed by atoms with E-state index in [0.717, 1.165) is 25.8 Å². The van der Waals surface area contributed by atoms with Crippen LogP contribution in [0.4, 0.5) is 5.82 Å². The van der Waals surface area contributed by atoms with Crippen LogP contribution in [0.25, 0.3) is 0 Å². The van der Waals surface area contributed by atoms with E-state index in [4.69, 9.17) is 22.0 Å². The minimum Gasteiger partial charge on any atom is -0.396 e. The molecule has 92 valence electrons. The number of nitrogens with zero attached hydrogens (tertiary/aromatic N) is 3. The molecule has 0 saturated carbocycles. The highest BCUT2D eigenvalue weighted by molar-refractivity contribution is 6.34. The summed E-state index contributed by atoms with van der Waals surface area (Å²) in [5, 5.41) is 17.9. The van der Waals surface area contributed by atoms with Crippen LogP contribution in [0, 0.1) is 11.3 Å². The number of anilines is 1. The van der Waals surface area contributed by atoms with Gasteiger partial charge in [0.1, 0.15) is 16.9 Å². The molecule has 0 spiro atoms. The number of unbranched alkanes of at least 4 members (excludes halogenated alkanes) is 2. The van der Waals surface area contributed by atoms with E-state index in [1.54, 1.807) is 12.3 Å². The Kier molecular flexibility index (Phi) is 5.75. The Bertz CT molecular complexity index is 403. The first-order valence-corrected chi connectivity index (χ1v) is 5.95. The summed E-state index contributed by atoms with van der Waals surface area (Å²) < 4.78 is 0. The molecule has 0 aliphatic heterocycles. The summed E-state index contributed by atoms with van der Waals surface area (Å²) in [4.78, 5) is 6.11. The SMILES string of the molecule is CN(CCCCCO)c1nccc(C#N)c1Cl. The van der Waals surface area contributed by atoms with Crippen LogP contribution >= 0.6 is 11.6 Å². The van der Waals surface area contributed by atoms with Crippen molar-refractivity contribution in [3.05, 3.63) is 22.8 Å². The highest BCUT2D eigenvalue weighted by Crippen LogP contribution is 2.25. The van der Waals surface area contributed by atoms with Crippen molar-refractivity contribution in [1.29, 1.82) is 5.26 Å². The Morgan fingerprint density at radius 3 is 2.88 bits per heavy atom. The van der Waals surface area contributed by atoms with Crippen molar-refractivity contribution in [1.82, 2.24) is 4.98 Å². The Morgan fingerprint density at radius 2 is 2.24 bits per heavy atom. The topological polar surface area (TPSA) is 60.1 Å². The minimum absolute atomic E-state index is 0.229. The minimum atomic E-state index is 0.229. The summed E-state index contributed by atoms with van der Waals surface area (Å²) in [5.41, 5.74) is 0.443. The van der Waals surface area contributed by atoms with Crippen LogP contribution in [-0.2, 0) is 0 Å². The number of nitriles is 1. The Morgan fingerprint density at radius 1 is 1.47 bits per heavy atom. The van der Waals surface area contributed by atoms with Crippen molar-refractivity contribution >= 4 is 17.4 Å².